The predicted octanol–water partition coefficient (Wildman–Crippen LogP) is 3.47. The van der Waals surface area contributed by atoms with Crippen LogP contribution in [0.25, 0.3) is 0 Å². The number of carbonyl (C=O) groups is 2. The summed E-state index contributed by atoms with van der Waals surface area (Å²) in [5, 5.41) is 13.8. The molecule has 8 heteroatoms. The molecule has 3 aromatic carbocycles. The Morgan fingerprint density at radius 1 is 0.903 bits per heavy atom. The molecule has 0 aliphatic carbocycles. The third kappa shape index (κ3) is 3.71. The van der Waals surface area contributed by atoms with Gasteiger partial charge >= 0.3 is 6.03 Å². The summed E-state index contributed by atoms with van der Waals surface area (Å²) in [6.07, 6.45) is 0. The Labute approximate surface area is 178 Å². The second kappa shape index (κ2) is 8.27. The van der Waals surface area contributed by atoms with Crippen LogP contribution in [0.4, 0.5) is 10.5 Å². The van der Waals surface area contributed by atoms with Crippen molar-refractivity contribution in [3.8, 4) is 5.75 Å². The largest absolute Gasteiger partial charge is 0.491 e. The van der Waals surface area contributed by atoms with Crippen molar-refractivity contribution >= 4 is 17.6 Å². The number of rotatable bonds is 7. The zero-order valence-electron chi connectivity index (χ0n) is 16.4. The summed E-state index contributed by atoms with van der Waals surface area (Å²) in [4.78, 5) is 37.8. The fourth-order valence-electron chi connectivity index (χ4n) is 3.66. The Balaban J connectivity index is 1.57. The minimum atomic E-state index is -1.33. The molecule has 0 radical (unpaired) electrons. The second-order valence-electron chi connectivity index (χ2n) is 6.97. The lowest BCUT2D eigenvalue weighted by molar-refractivity contribution is -0.384. The molecule has 1 aliphatic heterocycles. The van der Waals surface area contributed by atoms with E-state index in [1.807, 2.05) is 36.4 Å². The molecule has 156 valence electrons. The summed E-state index contributed by atoms with van der Waals surface area (Å²) >= 11 is 0. The molecular formula is C23H19N3O5. The molecule has 0 bridgehead atoms. The maximum Gasteiger partial charge on any atom is 0.325 e. The summed E-state index contributed by atoms with van der Waals surface area (Å²) in [5.74, 6) is -0.115. The van der Waals surface area contributed by atoms with Crippen LogP contribution in [-0.4, -0.2) is 34.9 Å². The summed E-state index contributed by atoms with van der Waals surface area (Å²) < 4.78 is 5.56. The van der Waals surface area contributed by atoms with Gasteiger partial charge in [-0.15, -0.1) is 0 Å². The molecule has 0 unspecified atom stereocenters. The Kier molecular flexibility index (Phi) is 5.36. The molecule has 0 saturated carbocycles. The van der Waals surface area contributed by atoms with Crippen LogP contribution in [0.15, 0.2) is 84.9 Å². The maximum atomic E-state index is 13.5. The van der Waals surface area contributed by atoms with Crippen molar-refractivity contribution in [2.45, 2.75) is 5.54 Å². The highest BCUT2D eigenvalue weighted by Gasteiger charge is 2.53. The van der Waals surface area contributed by atoms with Gasteiger partial charge in [0, 0.05) is 6.07 Å². The summed E-state index contributed by atoms with van der Waals surface area (Å²) in [6, 6.07) is 23.4. The molecule has 1 fully saturated rings. The van der Waals surface area contributed by atoms with Gasteiger partial charge in [0.25, 0.3) is 11.6 Å². The van der Waals surface area contributed by atoms with Crippen molar-refractivity contribution < 1.29 is 19.2 Å². The third-order valence-corrected chi connectivity index (χ3v) is 5.13. The molecule has 8 nitrogen and oxygen atoms in total. The van der Waals surface area contributed by atoms with Gasteiger partial charge in [-0.3, -0.25) is 19.8 Å². The number of nitrogens with zero attached hydrogens (tertiary/aromatic N) is 2. The first kappa shape index (κ1) is 20.1. The van der Waals surface area contributed by atoms with E-state index in [-0.39, 0.29) is 18.8 Å². The highest BCUT2D eigenvalue weighted by molar-refractivity contribution is 6.09. The quantitative estimate of drug-likeness (QED) is 0.360. The number of nitro benzene ring substituents is 1. The van der Waals surface area contributed by atoms with Crippen molar-refractivity contribution in [1.82, 2.24) is 10.2 Å². The first-order valence-electron chi connectivity index (χ1n) is 9.65. The van der Waals surface area contributed by atoms with E-state index in [1.54, 1.807) is 30.3 Å². The number of hydrogen-bond acceptors (Lipinski definition) is 5. The number of benzene rings is 3. The lowest BCUT2D eigenvalue weighted by atomic mass is 9.82. The average Bonchev–Trinajstić information content (AvgIpc) is 3.06. The Morgan fingerprint density at radius 3 is 2.10 bits per heavy atom. The number of nitro groups is 1. The number of nitrogens with one attached hydrogen (secondary N) is 1. The molecule has 0 spiro atoms. The van der Waals surface area contributed by atoms with E-state index in [0.717, 1.165) is 4.90 Å². The molecule has 31 heavy (non-hydrogen) atoms. The second-order valence-corrected chi connectivity index (χ2v) is 6.97. The normalized spacial score (nSPS) is 14.9. The molecular weight excluding hydrogens is 398 g/mol. The lowest BCUT2D eigenvalue weighted by Crippen LogP contribution is -2.45. The fraction of sp³-hybridized carbons (Fsp3) is 0.130. The zero-order chi connectivity index (χ0) is 21.8. The van der Waals surface area contributed by atoms with Crippen LogP contribution in [0.1, 0.15) is 11.1 Å². The Bertz CT molecular complexity index is 1080. The van der Waals surface area contributed by atoms with Gasteiger partial charge in [0.1, 0.15) is 12.4 Å². The van der Waals surface area contributed by atoms with Gasteiger partial charge in [-0.1, -0.05) is 66.7 Å². The van der Waals surface area contributed by atoms with E-state index in [2.05, 4.69) is 5.32 Å². The minimum Gasteiger partial charge on any atom is -0.491 e. The van der Waals surface area contributed by atoms with Crippen molar-refractivity contribution in [2.75, 3.05) is 13.2 Å². The van der Waals surface area contributed by atoms with Gasteiger partial charge in [-0.2, -0.15) is 0 Å². The molecule has 0 aromatic heterocycles. The van der Waals surface area contributed by atoms with Crippen molar-refractivity contribution in [1.29, 1.82) is 0 Å². The number of carbonyl (C=O) groups excluding carboxylic acids is 2. The Hall–Kier alpha value is -4.20. The van der Waals surface area contributed by atoms with E-state index in [1.165, 1.54) is 18.2 Å². The first-order chi connectivity index (χ1) is 15.0. The van der Waals surface area contributed by atoms with Gasteiger partial charge < -0.3 is 10.1 Å². The SMILES string of the molecule is O=C1NC(c2ccccc2)(c2ccccc2)C(=O)N1CCOc1cccc([N+](=O)[O-])c1. The maximum absolute atomic E-state index is 13.5. The molecule has 1 N–H and O–H groups in total. The van der Waals surface area contributed by atoms with Crippen molar-refractivity contribution in [3.63, 3.8) is 0 Å². The summed E-state index contributed by atoms with van der Waals surface area (Å²) in [6.45, 7) is -0.00520. The molecule has 3 amide bonds. The lowest BCUT2D eigenvalue weighted by Gasteiger charge is -2.28. The zero-order valence-corrected chi connectivity index (χ0v) is 16.4. The smallest absolute Gasteiger partial charge is 0.325 e. The number of non-ortho nitro benzene ring substituents is 1. The van der Waals surface area contributed by atoms with Crippen molar-refractivity contribution in [2.24, 2.45) is 0 Å². The van der Waals surface area contributed by atoms with Crippen LogP contribution in [0, 0.1) is 10.1 Å². The number of urea groups is 1. The average molecular weight is 417 g/mol. The molecule has 1 aliphatic rings. The molecule has 0 atom stereocenters. The monoisotopic (exact) mass is 417 g/mol. The van der Waals surface area contributed by atoms with Gasteiger partial charge in [0.15, 0.2) is 5.54 Å². The first-order valence-corrected chi connectivity index (χ1v) is 9.65. The van der Waals surface area contributed by atoms with Gasteiger partial charge in [0.2, 0.25) is 0 Å². The van der Waals surface area contributed by atoms with Crippen LogP contribution in [-0.2, 0) is 10.3 Å². The highest BCUT2D eigenvalue weighted by Crippen LogP contribution is 2.35. The van der Waals surface area contributed by atoms with E-state index in [9.17, 15) is 19.7 Å². The third-order valence-electron chi connectivity index (χ3n) is 5.13. The summed E-state index contributed by atoms with van der Waals surface area (Å²) in [5.41, 5.74) is -0.117. The molecule has 1 heterocycles. The topological polar surface area (TPSA) is 102 Å². The van der Waals surface area contributed by atoms with Gasteiger partial charge in [-0.25, -0.2) is 4.79 Å². The van der Waals surface area contributed by atoms with E-state index in [0.29, 0.717) is 16.9 Å². The number of ether oxygens (including phenoxy) is 1. The van der Waals surface area contributed by atoms with Gasteiger partial charge in [-0.05, 0) is 17.2 Å². The molecule has 1 saturated heterocycles. The van der Waals surface area contributed by atoms with Gasteiger partial charge in [0.05, 0.1) is 17.5 Å². The number of imide groups is 1. The fourth-order valence-corrected chi connectivity index (χ4v) is 3.66. The van der Waals surface area contributed by atoms with Crippen LogP contribution < -0.4 is 10.1 Å². The van der Waals surface area contributed by atoms with E-state index < -0.39 is 22.4 Å². The van der Waals surface area contributed by atoms with E-state index in [4.69, 9.17) is 4.74 Å². The number of amides is 3. The van der Waals surface area contributed by atoms with Crippen LogP contribution in [0.5, 0.6) is 5.75 Å². The van der Waals surface area contributed by atoms with Crippen LogP contribution >= 0.6 is 0 Å². The Morgan fingerprint density at radius 2 is 1.52 bits per heavy atom. The molecule has 3 aromatic rings. The molecule has 4 rings (SSSR count). The number of hydrogen-bond donors (Lipinski definition) is 1. The summed E-state index contributed by atoms with van der Waals surface area (Å²) in [7, 11) is 0. The van der Waals surface area contributed by atoms with E-state index >= 15 is 0 Å². The van der Waals surface area contributed by atoms with Crippen molar-refractivity contribution in [3.05, 3.63) is 106 Å². The van der Waals surface area contributed by atoms with Crippen LogP contribution in [0.2, 0.25) is 0 Å². The standard InChI is InChI=1S/C23H19N3O5/c27-21-23(17-8-3-1-4-9-17,18-10-5-2-6-11-18)24-22(28)25(21)14-15-31-20-13-7-12-19(16-20)26(29)30/h1-13,16H,14-15H2,(H,24,28). The van der Waals surface area contributed by atoms with Crippen LogP contribution in [0.3, 0.4) is 0 Å². The highest BCUT2D eigenvalue weighted by atomic mass is 16.6. The predicted molar refractivity (Wildman–Crippen MR) is 113 cm³/mol. The minimum absolute atomic E-state index is 0.0000129.